The van der Waals surface area contributed by atoms with Crippen molar-refractivity contribution >= 4 is 11.7 Å². The van der Waals surface area contributed by atoms with Gasteiger partial charge in [0.2, 0.25) is 0 Å². The molecule has 1 aromatic rings. The minimum absolute atomic E-state index is 0.0419. The molecule has 7 heteroatoms. The molecule has 0 saturated carbocycles. The molecule has 1 unspecified atom stereocenters. The van der Waals surface area contributed by atoms with Crippen molar-refractivity contribution in [3.8, 4) is 0 Å². The molecule has 0 fully saturated rings. The molecule has 0 bridgehead atoms. The molecule has 0 aliphatic rings. The maximum atomic E-state index is 11.6. The highest BCUT2D eigenvalue weighted by atomic mass is 16.5. The van der Waals surface area contributed by atoms with Crippen molar-refractivity contribution in [2.45, 2.75) is 12.5 Å². The number of aromatic nitrogens is 2. The van der Waals surface area contributed by atoms with Gasteiger partial charge in [-0.3, -0.25) is 4.79 Å². The van der Waals surface area contributed by atoms with E-state index in [1.165, 1.54) is 4.90 Å². The van der Waals surface area contributed by atoms with Crippen molar-refractivity contribution in [2.24, 2.45) is 0 Å². The lowest BCUT2D eigenvalue weighted by molar-refractivity contribution is 0.0821. The van der Waals surface area contributed by atoms with E-state index in [-0.39, 0.29) is 18.6 Å². The Morgan fingerprint density at radius 2 is 2.21 bits per heavy atom. The lowest BCUT2D eigenvalue weighted by Gasteiger charge is -2.17. The van der Waals surface area contributed by atoms with Crippen molar-refractivity contribution in [3.63, 3.8) is 0 Å². The molecular weight excluding hydrogens is 248 g/mol. The van der Waals surface area contributed by atoms with Gasteiger partial charge in [-0.25, -0.2) is 0 Å². The van der Waals surface area contributed by atoms with Crippen LogP contribution in [-0.4, -0.2) is 66.6 Å². The molecule has 1 atom stereocenters. The van der Waals surface area contributed by atoms with Crippen molar-refractivity contribution in [2.75, 3.05) is 39.7 Å². The summed E-state index contributed by atoms with van der Waals surface area (Å²) in [5, 5.41) is 19.8. The van der Waals surface area contributed by atoms with Crippen LogP contribution in [0.2, 0.25) is 0 Å². The normalized spacial score (nSPS) is 12.0. The van der Waals surface area contributed by atoms with E-state index in [1.54, 1.807) is 33.3 Å². The van der Waals surface area contributed by atoms with E-state index in [0.29, 0.717) is 24.5 Å². The molecule has 1 aromatic heterocycles. The Labute approximate surface area is 112 Å². The fourth-order valence-electron chi connectivity index (χ4n) is 1.52. The molecule has 1 amide bonds. The smallest absolute Gasteiger partial charge is 0.273 e. The molecule has 0 spiro atoms. The summed E-state index contributed by atoms with van der Waals surface area (Å²) >= 11 is 0. The van der Waals surface area contributed by atoms with Gasteiger partial charge in [-0.1, -0.05) is 0 Å². The lowest BCUT2D eigenvalue weighted by atomic mass is 10.2. The van der Waals surface area contributed by atoms with Crippen molar-refractivity contribution < 1.29 is 14.6 Å². The fourth-order valence-corrected chi connectivity index (χ4v) is 1.52. The summed E-state index contributed by atoms with van der Waals surface area (Å²) in [5.41, 5.74) is 0.293. The van der Waals surface area contributed by atoms with Gasteiger partial charge in [-0.15, -0.1) is 10.2 Å². The van der Waals surface area contributed by atoms with Crippen LogP contribution in [-0.2, 0) is 4.74 Å². The lowest BCUT2D eigenvalue weighted by Crippen LogP contribution is -2.27. The molecule has 1 heterocycles. The summed E-state index contributed by atoms with van der Waals surface area (Å²) in [6.07, 6.45) is 0.550. The van der Waals surface area contributed by atoms with Crippen molar-refractivity contribution in [1.29, 1.82) is 0 Å². The number of aliphatic hydroxyl groups excluding tert-OH is 1. The predicted molar refractivity (Wildman–Crippen MR) is 71.0 cm³/mol. The largest absolute Gasteiger partial charge is 0.396 e. The van der Waals surface area contributed by atoms with Crippen LogP contribution in [0.4, 0.5) is 5.82 Å². The zero-order valence-electron chi connectivity index (χ0n) is 11.5. The number of ether oxygens (including phenoxy) is 1. The quantitative estimate of drug-likeness (QED) is 0.723. The first-order chi connectivity index (χ1) is 9.08. The van der Waals surface area contributed by atoms with Gasteiger partial charge in [0.25, 0.3) is 5.91 Å². The molecule has 19 heavy (non-hydrogen) atoms. The summed E-state index contributed by atoms with van der Waals surface area (Å²) in [7, 11) is 4.91. The number of carbonyl (C=O) groups excluding carboxylic acids is 1. The summed E-state index contributed by atoms with van der Waals surface area (Å²) < 4.78 is 5.04. The van der Waals surface area contributed by atoms with Crippen LogP contribution in [0.1, 0.15) is 16.9 Å². The van der Waals surface area contributed by atoms with Crippen LogP contribution in [0.5, 0.6) is 0 Å². The number of aliphatic hydroxyl groups is 1. The minimum Gasteiger partial charge on any atom is -0.396 e. The van der Waals surface area contributed by atoms with Gasteiger partial charge >= 0.3 is 0 Å². The zero-order valence-corrected chi connectivity index (χ0v) is 11.5. The monoisotopic (exact) mass is 268 g/mol. The third-order valence-corrected chi connectivity index (χ3v) is 2.49. The number of nitrogens with zero attached hydrogens (tertiary/aromatic N) is 3. The number of hydrogen-bond acceptors (Lipinski definition) is 6. The molecular formula is C12H20N4O3. The summed E-state index contributed by atoms with van der Waals surface area (Å²) in [6, 6.07) is 3.25. The van der Waals surface area contributed by atoms with Gasteiger partial charge < -0.3 is 20.1 Å². The maximum absolute atomic E-state index is 11.6. The number of carbonyl (C=O) groups is 1. The van der Waals surface area contributed by atoms with E-state index in [1.807, 2.05) is 0 Å². The Bertz CT molecular complexity index is 388. The topological polar surface area (TPSA) is 87.6 Å². The van der Waals surface area contributed by atoms with Gasteiger partial charge in [0.15, 0.2) is 5.69 Å². The second kappa shape index (κ2) is 7.65. The third kappa shape index (κ3) is 4.80. The molecule has 2 N–H and O–H groups in total. The number of hydrogen-bond donors (Lipinski definition) is 2. The van der Waals surface area contributed by atoms with E-state index in [4.69, 9.17) is 9.84 Å². The first kappa shape index (κ1) is 15.3. The van der Waals surface area contributed by atoms with Crippen LogP contribution < -0.4 is 5.32 Å². The summed E-state index contributed by atoms with van der Waals surface area (Å²) in [5.74, 6) is 0.355. The highest BCUT2D eigenvalue weighted by Crippen LogP contribution is 2.07. The SMILES string of the molecule is COCC(CCO)Nc1ccc(C(=O)N(C)C)nn1. The van der Waals surface area contributed by atoms with Crippen LogP contribution in [0, 0.1) is 0 Å². The molecule has 0 aromatic carbocycles. The predicted octanol–water partition coefficient (Wildman–Crippen LogP) is -0.0123. The van der Waals surface area contributed by atoms with Crippen LogP contribution in [0.3, 0.4) is 0 Å². The van der Waals surface area contributed by atoms with Gasteiger partial charge in [-0.05, 0) is 18.6 Å². The van der Waals surface area contributed by atoms with Gasteiger partial charge in [-0.2, -0.15) is 0 Å². The maximum Gasteiger partial charge on any atom is 0.273 e. The van der Waals surface area contributed by atoms with Gasteiger partial charge in [0.05, 0.1) is 12.6 Å². The highest BCUT2D eigenvalue weighted by Gasteiger charge is 2.12. The molecule has 0 aliphatic carbocycles. The van der Waals surface area contributed by atoms with E-state index in [0.717, 1.165) is 0 Å². The van der Waals surface area contributed by atoms with E-state index < -0.39 is 0 Å². The third-order valence-electron chi connectivity index (χ3n) is 2.49. The molecule has 7 nitrogen and oxygen atoms in total. The van der Waals surface area contributed by atoms with E-state index >= 15 is 0 Å². The number of methoxy groups -OCH3 is 1. The van der Waals surface area contributed by atoms with E-state index in [2.05, 4.69) is 15.5 Å². The standard InChI is InChI=1S/C12H20N4O3/c1-16(2)12(18)10-4-5-11(15-14-10)13-9(6-7-17)8-19-3/h4-5,9,17H,6-8H2,1-3H3,(H,13,15). The number of anilines is 1. The van der Waals surface area contributed by atoms with Crippen LogP contribution in [0.25, 0.3) is 0 Å². The van der Waals surface area contributed by atoms with Gasteiger partial charge in [0.1, 0.15) is 5.82 Å². The Morgan fingerprint density at radius 3 is 2.68 bits per heavy atom. The Hall–Kier alpha value is -1.73. The highest BCUT2D eigenvalue weighted by molar-refractivity contribution is 5.91. The molecule has 106 valence electrons. The van der Waals surface area contributed by atoms with Crippen molar-refractivity contribution in [3.05, 3.63) is 17.8 Å². The summed E-state index contributed by atoms with van der Waals surface area (Å²) in [4.78, 5) is 13.1. The van der Waals surface area contributed by atoms with Crippen LogP contribution >= 0.6 is 0 Å². The number of amides is 1. The van der Waals surface area contributed by atoms with Crippen LogP contribution in [0.15, 0.2) is 12.1 Å². The molecule has 1 rings (SSSR count). The first-order valence-corrected chi connectivity index (χ1v) is 6.00. The first-order valence-electron chi connectivity index (χ1n) is 6.00. The minimum atomic E-state index is -0.192. The molecule has 0 aliphatic heterocycles. The zero-order chi connectivity index (χ0) is 14.3. The van der Waals surface area contributed by atoms with Gasteiger partial charge in [0, 0.05) is 27.8 Å². The molecule has 0 radical (unpaired) electrons. The average molecular weight is 268 g/mol. The Morgan fingerprint density at radius 1 is 1.47 bits per heavy atom. The summed E-state index contributed by atoms with van der Waals surface area (Å²) in [6.45, 7) is 0.520. The Kier molecular flexibility index (Phi) is 6.17. The average Bonchev–Trinajstić information content (AvgIpc) is 2.39. The fraction of sp³-hybridized carbons (Fsp3) is 0.583. The number of nitrogens with one attached hydrogen (secondary N) is 1. The molecule has 0 saturated heterocycles. The number of rotatable bonds is 7. The van der Waals surface area contributed by atoms with Crippen molar-refractivity contribution in [1.82, 2.24) is 15.1 Å². The second-order valence-corrected chi connectivity index (χ2v) is 4.31. The Balaban J connectivity index is 2.67. The van der Waals surface area contributed by atoms with E-state index in [9.17, 15) is 4.79 Å². The second-order valence-electron chi connectivity index (χ2n) is 4.31.